The SMILES string of the molecule is Cc1cnc(C(C)NS(=O)(=O)c2ccc3c(c2)NCC3)s1. The van der Waals surface area contributed by atoms with Gasteiger partial charge in [0.2, 0.25) is 10.0 Å². The van der Waals surface area contributed by atoms with E-state index >= 15 is 0 Å². The summed E-state index contributed by atoms with van der Waals surface area (Å²) < 4.78 is 27.6. The summed E-state index contributed by atoms with van der Waals surface area (Å²) >= 11 is 1.50. The molecule has 1 aromatic heterocycles. The van der Waals surface area contributed by atoms with Crippen LogP contribution in [0.2, 0.25) is 0 Å². The summed E-state index contributed by atoms with van der Waals surface area (Å²) in [7, 11) is -3.54. The van der Waals surface area contributed by atoms with E-state index in [1.54, 1.807) is 25.3 Å². The summed E-state index contributed by atoms with van der Waals surface area (Å²) in [6.45, 7) is 4.62. The van der Waals surface area contributed by atoms with Gasteiger partial charge in [0.05, 0.1) is 10.9 Å². The number of rotatable bonds is 4. The molecule has 3 rings (SSSR count). The molecule has 5 nitrogen and oxygen atoms in total. The van der Waals surface area contributed by atoms with Gasteiger partial charge in [-0.05, 0) is 38.0 Å². The number of aromatic nitrogens is 1. The maximum absolute atomic E-state index is 12.5. The Labute approximate surface area is 128 Å². The summed E-state index contributed by atoms with van der Waals surface area (Å²) in [6.07, 6.45) is 2.70. The van der Waals surface area contributed by atoms with Crippen molar-refractivity contribution in [2.45, 2.75) is 31.2 Å². The van der Waals surface area contributed by atoms with Gasteiger partial charge in [-0.25, -0.2) is 18.1 Å². The van der Waals surface area contributed by atoms with E-state index in [0.29, 0.717) is 0 Å². The molecule has 0 spiro atoms. The van der Waals surface area contributed by atoms with Crippen molar-refractivity contribution in [3.63, 3.8) is 0 Å². The van der Waals surface area contributed by atoms with Crippen LogP contribution in [0.4, 0.5) is 5.69 Å². The number of anilines is 1. The fraction of sp³-hybridized carbons (Fsp3) is 0.357. The molecule has 0 fully saturated rings. The Morgan fingerprint density at radius 3 is 2.95 bits per heavy atom. The zero-order chi connectivity index (χ0) is 15.0. The van der Waals surface area contributed by atoms with E-state index in [-0.39, 0.29) is 10.9 Å². The molecule has 21 heavy (non-hydrogen) atoms. The highest BCUT2D eigenvalue weighted by Crippen LogP contribution is 2.27. The molecule has 1 aliphatic rings. The third kappa shape index (κ3) is 2.95. The minimum atomic E-state index is -3.54. The summed E-state index contributed by atoms with van der Waals surface area (Å²) in [5.74, 6) is 0. The van der Waals surface area contributed by atoms with Gasteiger partial charge in [-0.1, -0.05) is 6.07 Å². The van der Waals surface area contributed by atoms with Crippen LogP contribution in [0.25, 0.3) is 0 Å². The first-order valence-electron chi connectivity index (χ1n) is 6.77. The van der Waals surface area contributed by atoms with Gasteiger partial charge < -0.3 is 5.32 Å². The molecular formula is C14H17N3O2S2. The molecule has 112 valence electrons. The second-order valence-corrected chi connectivity index (χ2v) is 8.13. The number of sulfonamides is 1. The molecule has 1 unspecified atom stereocenters. The number of aryl methyl sites for hydroxylation is 1. The Bertz CT molecular complexity index is 768. The minimum Gasteiger partial charge on any atom is -0.384 e. The number of thiazole rings is 1. The number of nitrogens with one attached hydrogen (secondary N) is 2. The predicted octanol–water partition coefficient (Wildman–Crippen LogP) is 2.46. The molecular weight excluding hydrogens is 306 g/mol. The molecule has 2 aromatic rings. The molecule has 0 saturated heterocycles. The van der Waals surface area contributed by atoms with Crippen molar-refractivity contribution in [2.24, 2.45) is 0 Å². The van der Waals surface area contributed by atoms with E-state index in [1.165, 1.54) is 11.3 Å². The first-order valence-corrected chi connectivity index (χ1v) is 9.07. The van der Waals surface area contributed by atoms with Gasteiger partial charge >= 0.3 is 0 Å². The minimum absolute atomic E-state index is 0.288. The van der Waals surface area contributed by atoms with Crippen molar-refractivity contribution in [3.8, 4) is 0 Å². The van der Waals surface area contributed by atoms with Crippen molar-refractivity contribution in [1.82, 2.24) is 9.71 Å². The first-order chi connectivity index (χ1) is 9.95. The lowest BCUT2D eigenvalue weighted by Gasteiger charge is -2.13. The van der Waals surface area contributed by atoms with Gasteiger partial charge in [0, 0.05) is 23.3 Å². The fourth-order valence-electron chi connectivity index (χ4n) is 2.36. The third-order valence-corrected chi connectivity index (χ3v) is 6.08. The number of nitrogens with zero attached hydrogens (tertiary/aromatic N) is 1. The van der Waals surface area contributed by atoms with Gasteiger partial charge in [-0.3, -0.25) is 0 Å². The summed E-state index contributed by atoms with van der Waals surface area (Å²) in [4.78, 5) is 5.59. The monoisotopic (exact) mass is 323 g/mol. The second kappa shape index (κ2) is 5.40. The normalized spacial score (nSPS) is 15.5. The molecule has 1 aliphatic heterocycles. The highest BCUT2D eigenvalue weighted by molar-refractivity contribution is 7.89. The summed E-state index contributed by atoms with van der Waals surface area (Å²) in [5.41, 5.74) is 2.08. The van der Waals surface area contributed by atoms with Gasteiger partial charge in [0.15, 0.2) is 0 Å². The molecule has 0 bridgehead atoms. The quantitative estimate of drug-likeness (QED) is 0.907. The average Bonchev–Trinajstić information content (AvgIpc) is 3.05. The molecule has 2 N–H and O–H groups in total. The number of hydrogen-bond acceptors (Lipinski definition) is 5. The highest BCUT2D eigenvalue weighted by Gasteiger charge is 2.22. The van der Waals surface area contributed by atoms with Crippen molar-refractivity contribution in [2.75, 3.05) is 11.9 Å². The molecule has 1 atom stereocenters. The molecule has 0 aliphatic carbocycles. The van der Waals surface area contributed by atoms with Crippen LogP contribution in [-0.4, -0.2) is 19.9 Å². The van der Waals surface area contributed by atoms with Crippen LogP contribution in [0.1, 0.15) is 28.4 Å². The lowest BCUT2D eigenvalue weighted by atomic mass is 10.2. The van der Waals surface area contributed by atoms with Gasteiger partial charge in [0.25, 0.3) is 0 Å². The number of hydrogen-bond donors (Lipinski definition) is 2. The average molecular weight is 323 g/mol. The van der Waals surface area contributed by atoms with Crippen molar-refractivity contribution in [1.29, 1.82) is 0 Å². The summed E-state index contributed by atoms with van der Waals surface area (Å²) in [5, 5.41) is 3.97. The van der Waals surface area contributed by atoms with Crippen LogP contribution >= 0.6 is 11.3 Å². The fourth-order valence-corrected chi connectivity index (χ4v) is 4.45. The molecule has 0 amide bonds. The van der Waals surface area contributed by atoms with Crippen molar-refractivity contribution in [3.05, 3.63) is 39.8 Å². The van der Waals surface area contributed by atoms with Gasteiger partial charge in [-0.15, -0.1) is 11.3 Å². The van der Waals surface area contributed by atoms with Crippen LogP contribution in [0, 0.1) is 6.92 Å². The predicted molar refractivity (Wildman–Crippen MR) is 84.2 cm³/mol. The molecule has 1 aromatic carbocycles. The van der Waals surface area contributed by atoms with Crippen LogP contribution < -0.4 is 10.0 Å². The first kappa shape index (κ1) is 14.5. The van der Waals surface area contributed by atoms with E-state index in [1.807, 2.05) is 13.0 Å². The lowest BCUT2D eigenvalue weighted by Crippen LogP contribution is -2.26. The molecule has 0 saturated carbocycles. The maximum Gasteiger partial charge on any atom is 0.241 e. The van der Waals surface area contributed by atoms with Crippen LogP contribution in [-0.2, 0) is 16.4 Å². The molecule has 7 heteroatoms. The summed E-state index contributed by atoms with van der Waals surface area (Å²) in [6, 6.07) is 4.90. The van der Waals surface area contributed by atoms with Crippen LogP contribution in [0.15, 0.2) is 29.3 Å². The van der Waals surface area contributed by atoms with E-state index in [2.05, 4.69) is 15.0 Å². The van der Waals surface area contributed by atoms with E-state index in [4.69, 9.17) is 0 Å². The van der Waals surface area contributed by atoms with E-state index in [9.17, 15) is 8.42 Å². The Hall–Kier alpha value is -1.44. The lowest BCUT2D eigenvalue weighted by molar-refractivity contribution is 0.566. The van der Waals surface area contributed by atoms with Crippen molar-refractivity contribution >= 4 is 27.0 Å². The zero-order valence-corrected chi connectivity index (χ0v) is 13.5. The Morgan fingerprint density at radius 2 is 2.24 bits per heavy atom. The highest BCUT2D eigenvalue weighted by atomic mass is 32.2. The maximum atomic E-state index is 12.5. The zero-order valence-electron chi connectivity index (χ0n) is 11.9. The topological polar surface area (TPSA) is 71.1 Å². The largest absolute Gasteiger partial charge is 0.384 e. The Balaban J connectivity index is 1.83. The van der Waals surface area contributed by atoms with E-state index < -0.39 is 10.0 Å². The Morgan fingerprint density at radius 1 is 1.43 bits per heavy atom. The second-order valence-electron chi connectivity index (χ2n) is 5.15. The van der Waals surface area contributed by atoms with Gasteiger partial charge in [0.1, 0.15) is 5.01 Å². The number of benzene rings is 1. The smallest absolute Gasteiger partial charge is 0.241 e. The third-order valence-electron chi connectivity index (χ3n) is 3.44. The van der Waals surface area contributed by atoms with Crippen molar-refractivity contribution < 1.29 is 8.42 Å². The molecule has 0 radical (unpaired) electrons. The van der Waals surface area contributed by atoms with Crippen LogP contribution in [0.5, 0.6) is 0 Å². The van der Waals surface area contributed by atoms with Gasteiger partial charge in [-0.2, -0.15) is 0 Å². The van der Waals surface area contributed by atoms with Crippen LogP contribution in [0.3, 0.4) is 0 Å². The standard InChI is InChI=1S/C14H17N3O2S2/c1-9-8-16-14(20-9)10(2)17-21(18,19)12-4-3-11-5-6-15-13(11)7-12/h3-4,7-8,10,15,17H,5-6H2,1-2H3. The Kier molecular flexibility index (Phi) is 3.73. The molecule has 2 heterocycles. The van der Waals surface area contributed by atoms with E-state index in [0.717, 1.165) is 34.1 Å². The number of fused-ring (bicyclic) bond motifs is 1.